The highest BCUT2D eigenvalue weighted by atomic mass is 16.5. The molecule has 3 heterocycles. The third kappa shape index (κ3) is 4.46. The first-order valence-corrected chi connectivity index (χ1v) is 17.6. The van der Waals surface area contributed by atoms with Crippen molar-refractivity contribution in [3.8, 4) is 39.9 Å². The molecule has 0 radical (unpaired) electrons. The third-order valence-electron chi connectivity index (χ3n) is 10.5. The molecule has 0 amide bonds. The largest absolute Gasteiger partial charge is 0.484 e. The molecule has 0 fully saturated rings. The number of aromatic nitrogens is 3. The average molecular weight is 668 g/mol. The van der Waals surface area contributed by atoms with Crippen LogP contribution in [0.2, 0.25) is 0 Å². The second-order valence-corrected chi connectivity index (χ2v) is 13.5. The van der Waals surface area contributed by atoms with E-state index < -0.39 is 0 Å². The smallest absolute Gasteiger partial charge is 0.164 e. The molecule has 11 rings (SSSR count). The Bertz CT molecular complexity index is 2960. The van der Waals surface area contributed by atoms with E-state index in [0.29, 0.717) is 17.5 Å². The summed E-state index contributed by atoms with van der Waals surface area (Å²) in [6.07, 6.45) is 6.44. The van der Waals surface area contributed by atoms with E-state index >= 15 is 0 Å². The molecule has 0 N–H and O–H groups in total. The summed E-state index contributed by atoms with van der Waals surface area (Å²) in [5, 5.41) is 6.72. The molecule has 0 saturated carbocycles. The highest BCUT2D eigenvalue weighted by Crippen LogP contribution is 2.48. The van der Waals surface area contributed by atoms with Gasteiger partial charge in [0, 0.05) is 44.5 Å². The summed E-state index contributed by atoms with van der Waals surface area (Å²) >= 11 is 0. The van der Waals surface area contributed by atoms with E-state index in [9.17, 15) is 0 Å². The zero-order chi connectivity index (χ0) is 34.2. The van der Waals surface area contributed by atoms with Crippen molar-refractivity contribution >= 4 is 49.1 Å². The third-order valence-corrected chi connectivity index (χ3v) is 10.5. The Kier molecular flexibility index (Phi) is 6.31. The summed E-state index contributed by atoms with van der Waals surface area (Å²) in [6.45, 7) is 0. The molecule has 0 bridgehead atoms. The van der Waals surface area contributed by atoms with Crippen molar-refractivity contribution in [2.75, 3.05) is 0 Å². The Morgan fingerprint density at radius 2 is 1.17 bits per heavy atom. The average Bonchev–Trinajstić information content (AvgIpc) is 3.80. The van der Waals surface area contributed by atoms with Crippen molar-refractivity contribution in [3.63, 3.8) is 0 Å². The summed E-state index contributed by atoms with van der Waals surface area (Å²) < 4.78 is 13.2. The van der Waals surface area contributed by atoms with Gasteiger partial charge in [-0.15, -0.1) is 0 Å². The van der Waals surface area contributed by atoms with Gasteiger partial charge in [0.15, 0.2) is 17.5 Å². The van der Waals surface area contributed by atoms with Crippen LogP contribution in [0.15, 0.2) is 168 Å². The molecule has 5 heteroatoms. The molecule has 1 aliphatic heterocycles. The number of fused-ring (bicyclic) bond motifs is 9. The summed E-state index contributed by atoms with van der Waals surface area (Å²) in [4.78, 5) is 15.5. The van der Waals surface area contributed by atoms with E-state index in [2.05, 4.69) is 109 Å². The highest BCUT2D eigenvalue weighted by molar-refractivity contribution is 6.16. The molecule has 2 atom stereocenters. The number of hydrogen-bond donors (Lipinski definition) is 0. The lowest BCUT2D eigenvalue weighted by Gasteiger charge is -2.23. The van der Waals surface area contributed by atoms with E-state index in [1.807, 2.05) is 54.6 Å². The number of hydrogen-bond acceptors (Lipinski definition) is 5. The van der Waals surface area contributed by atoms with Crippen molar-refractivity contribution < 1.29 is 9.15 Å². The van der Waals surface area contributed by atoms with Gasteiger partial charge in [0.25, 0.3) is 0 Å². The highest BCUT2D eigenvalue weighted by Gasteiger charge is 2.37. The van der Waals surface area contributed by atoms with Crippen LogP contribution in [0.4, 0.5) is 0 Å². The van der Waals surface area contributed by atoms with Gasteiger partial charge in [-0.25, -0.2) is 15.0 Å². The number of benzene rings is 7. The van der Waals surface area contributed by atoms with Crippen LogP contribution in [0.5, 0.6) is 5.75 Å². The fourth-order valence-corrected chi connectivity index (χ4v) is 8.09. The van der Waals surface area contributed by atoms with Crippen molar-refractivity contribution in [2.45, 2.75) is 12.0 Å². The predicted molar refractivity (Wildman–Crippen MR) is 209 cm³/mol. The molecule has 9 aromatic rings. The topological polar surface area (TPSA) is 61.0 Å². The maximum absolute atomic E-state index is 6.63. The van der Waals surface area contributed by atoms with Gasteiger partial charge >= 0.3 is 0 Å². The van der Waals surface area contributed by atoms with E-state index in [-0.39, 0.29) is 12.0 Å². The van der Waals surface area contributed by atoms with Crippen LogP contribution in [-0.2, 0) is 0 Å². The van der Waals surface area contributed by atoms with Crippen LogP contribution in [0.3, 0.4) is 0 Å². The Morgan fingerprint density at radius 1 is 0.500 bits per heavy atom. The van der Waals surface area contributed by atoms with Gasteiger partial charge in [-0.05, 0) is 51.4 Å². The van der Waals surface area contributed by atoms with Crippen molar-refractivity contribution in [1.29, 1.82) is 0 Å². The SMILES string of the molecule is C1=CC2c3ccccc3OC2C(c2cccc3oc4cccc(-c5nc(-c6ccccc6)nc(-c6ccc7ccc8ccccc8c7c6)n5)c4c23)=C1. The maximum atomic E-state index is 6.63. The Labute approximate surface area is 299 Å². The zero-order valence-electron chi connectivity index (χ0n) is 27.9. The van der Waals surface area contributed by atoms with Crippen LogP contribution in [-0.4, -0.2) is 21.1 Å². The first-order valence-electron chi connectivity index (χ1n) is 17.6. The molecule has 2 aromatic heterocycles. The van der Waals surface area contributed by atoms with Gasteiger partial charge < -0.3 is 9.15 Å². The lowest BCUT2D eigenvalue weighted by Crippen LogP contribution is -2.21. The fraction of sp³-hybridized carbons (Fsp3) is 0.0426. The molecule has 5 nitrogen and oxygen atoms in total. The number of rotatable bonds is 4. The minimum absolute atomic E-state index is 0.137. The summed E-state index contributed by atoms with van der Waals surface area (Å²) in [6, 6.07) is 50.2. The monoisotopic (exact) mass is 667 g/mol. The van der Waals surface area contributed by atoms with E-state index in [4.69, 9.17) is 24.1 Å². The predicted octanol–water partition coefficient (Wildman–Crippen LogP) is 11.6. The molecule has 244 valence electrons. The van der Waals surface area contributed by atoms with Crippen LogP contribution >= 0.6 is 0 Å². The summed E-state index contributed by atoms with van der Waals surface area (Å²) in [5.41, 5.74) is 7.73. The van der Waals surface area contributed by atoms with Gasteiger partial charge in [-0.1, -0.05) is 140 Å². The zero-order valence-corrected chi connectivity index (χ0v) is 27.9. The maximum Gasteiger partial charge on any atom is 0.164 e. The molecular formula is C47H29N3O2. The summed E-state index contributed by atoms with van der Waals surface area (Å²) in [7, 11) is 0. The van der Waals surface area contributed by atoms with E-state index in [1.165, 1.54) is 21.7 Å². The molecule has 0 spiro atoms. The van der Waals surface area contributed by atoms with E-state index in [1.54, 1.807) is 0 Å². The minimum atomic E-state index is -0.137. The minimum Gasteiger partial charge on any atom is -0.484 e. The van der Waals surface area contributed by atoms with Gasteiger partial charge in [0.2, 0.25) is 0 Å². The number of ether oxygens (including phenoxy) is 1. The first kappa shape index (κ1) is 28.9. The first-order chi connectivity index (χ1) is 25.8. The van der Waals surface area contributed by atoms with Crippen molar-refractivity contribution in [1.82, 2.24) is 15.0 Å². The number of para-hydroxylation sites is 1. The number of nitrogens with zero attached hydrogens (tertiary/aromatic N) is 3. The fourth-order valence-electron chi connectivity index (χ4n) is 8.09. The lowest BCUT2D eigenvalue weighted by molar-refractivity contribution is 0.278. The van der Waals surface area contributed by atoms with Gasteiger partial charge in [-0.3, -0.25) is 0 Å². The summed E-state index contributed by atoms with van der Waals surface area (Å²) in [5.74, 6) is 2.90. The lowest BCUT2D eigenvalue weighted by atomic mass is 9.83. The van der Waals surface area contributed by atoms with Crippen LogP contribution in [0.1, 0.15) is 17.0 Å². The van der Waals surface area contributed by atoms with Crippen molar-refractivity contribution in [2.24, 2.45) is 0 Å². The Hall–Kier alpha value is -6.85. The molecule has 1 aliphatic carbocycles. The number of allylic oxidation sites excluding steroid dienone is 2. The Morgan fingerprint density at radius 3 is 2.04 bits per heavy atom. The van der Waals surface area contributed by atoms with Crippen LogP contribution in [0.25, 0.3) is 83.2 Å². The molecule has 0 saturated heterocycles. The second kappa shape index (κ2) is 11.3. The molecule has 7 aromatic carbocycles. The van der Waals surface area contributed by atoms with Gasteiger partial charge in [0.05, 0.1) is 0 Å². The van der Waals surface area contributed by atoms with Gasteiger partial charge in [-0.2, -0.15) is 0 Å². The molecule has 2 aliphatic rings. The standard InChI is InChI=1S/C47H29N3O2/c1-2-12-30(13-3-1)45-48-46(31-26-25-29-24-23-28-11-4-5-14-32(28)38(29)27-31)50-47(49-45)37-19-10-22-41-43(37)42-34(16-9-21-40(42)51-41)36-18-8-17-35-33-15-6-7-20-39(33)52-44(35)36/h1-27,35,44H. The normalized spacial score (nSPS) is 16.3. The molecule has 52 heavy (non-hydrogen) atoms. The Balaban J connectivity index is 1.13. The number of furan rings is 1. The van der Waals surface area contributed by atoms with E-state index in [0.717, 1.165) is 60.9 Å². The molecule has 2 unspecified atom stereocenters. The van der Waals surface area contributed by atoms with Crippen LogP contribution in [0, 0.1) is 0 Å². The van der Waals surface area contributed by atoms with Crippen molar-refractivity contribution in [3.05, 3.63) is 175 Å². The van der Waals surface area contributed by atoms with Gasteiger partial charge in [0.1, 0.15) is 23.0 Å². The van der Waals surface area contributed by atoms with Crippen LogP contribution < -0.4 is 4.74 Å². The molecular weight excluding hydrogens is 639 g/mol. The second-order valence-electron chi connectivity index (χ2n) is 13.5. The quantitative estimate of drug-likeness (QED) is 0.175.